The molecule has 3 aromatic carbocycles. The topological polar surface area (TPSA) is 26.3 Å². The zero-order valence-corrected chi connectivity index (χ0v) is 15.0. The molecule has 0 fully saturated rings. The van der Waals surface area contributed by atoms with Crippen LogP contribution in [-0.4, -0.2) is 12.6 Å². The molecular formula is C22H20O2S. The Morgan fingerprint density at radius 2 is 1.48 bits per heavy atom. The second-order valence-corrected chi connectivity index (χ2v) is 6.70. The van der Waals surface area contributed by atoms with Gasteiger partial charge in [0.2, 0.25) is 0 Å². The van der Waals surface area contributed by atoms with Crippen molar-refractivity contribution in [2.45, 2.75) is 23.1 Å². The van der Waals surface area contributed by atoms with E-state index in [2.05, 4.69) is 36.4 Å². The molecule has 3 aromatic rings. The van der Waals surface area contributed by atoms with Gasteiger partial charge in [-0.25, -0.2) is 0 Å². The summed E-state index contributed by atoms with van der Waals surface area (Å²) in [5.41, 5.74) is 3.41. The van der Waals surface area contributed by atoms with Gasteiger partial charge in [0.25, 0.3) is 0 Å². The first-order chi connectivity index (χ1) is 12.3. The molecule has 0 saturated heterocycles. The Labute approximate surface area is 152 Å². The second-order valence-electron chi connectivity index (χ2n) is 5.58. The quantitative estimate of drug-likeness (QED) is 0.542. The molecule has 0 aromatic heterocycles. The fourth-order valence-corrected chi connectivity index (χ4v) is 3.53. The van der Waals surface area contributed by atoms with Crippen LogP contribution < -0.4 is 0 Å². The van der Waals surface area contributed by atoms with Crippen molar-refractivity contribution < 1.29 is 9.53 Å². The lowest BCUT2D eigenvalue weighted by Gasteiger charge is -2.09. The Morgan fingerprint density at radius 3 is 2.20 bits per heavy atom. The molecule has 2 nitrogen and oxygen atoms in total. The molecule has 0 bridgehead atoms. The molecule has 0 heterocycles. The molecule has 0 aliphatic heterocycles. The summed E-state index contributed by atoms with van der Waals surface area (Å²) in [6, 6.07) is 26.8. The minimum absolute atomic E-state index is 0.185. The zero-order chi connectivity index (χ0) is 17.5. The highest BCUT2D eigenvalue weighted by Crippen LogP contribution is 2.32. The van der Waals surface area contributed by atoms with Crippen LogP contribution in [-0.2, 0) is 16.0 Å². The van der Waals surface area contributed by atoms with E-state index in [0.29, 0.717) is 13.0 Å². The van der Waals surface area contributed by atoms with Crippen LogP contribution in [0.25, 0.3) is 11.1 Å². The predicted octanol–water partition coefficient (Wildman–Crippen LogP) is 5.61. The van der Waals surface area contributed by atoms with Crippen molar-refractivity contribution in [2.24, 2.45) is 0 Å². The Kier molecular flexibility index (Phi) is 5.91. The van der Waals surface area contributed by atoms with Crippen molar-refractivity contribution in [1.29, 1.82) is 0 Å². The highest BCUT2D eigenvalue weighted by Gasteiger charge is 2.09. The van der Waals surface area contributed by atoms with Gasteiger partial charge in [-0.15, -0.1) is 0 Å². The van der Waals surface area contributed by atoms with Gasteiger partial charge in [0, 0.05) is 9.79 Å². The van der Waals surface area contributed by atoms with E-state index >= 15 is 0 Å². The third kappa shape index (κ3) is 4.74. The van der Waals surface area contributed by atoms with Gasteiger partial charge < -0.3 is 4.74 Å². The van der Waals surface area contributed by atoms with Crippen LogP contribution in [0.15, 0.2) is 88.7 Å². The Balaban J connectivity index is 1.75. The fourth-order valence-electron chi connectivity index (χ4n) is 2.59. The van der Waals surface area contributed by atoms with Crippen LogP contribution in [0.3, 0.4) is 0 Å². The number of esters is 1. The molecule has 0 N–H and O–H groups in total. The molecule has 0 radical (unpaired) electrons. The maximum atomic E-state index is 11.8. The van der Waals surface area contributed by atoms with Gasteiger partial charge >= 0.3 is 5.97 Å². The average molecular weight is 348 g/mol. The Hall–Kier alpha value is -2.52. The molecule has 0 aliphatic carbocycles. The lowest BCUT2D eigenvalue weighted by molar-refractivity contribution is -0.142. The van der Waals surface area contributed by atoms with Crippen LogP contribution in [0.4, 0.5) is 0 Å². The first-order valence-corrected chi connectivity index (χ1v) is 9.15. The molecular weight excluding hydrogens is 328 g/mol. The molecule has 0 saturated carbocycles. The third-order valence-electron chi connectivity index (χ3n) is 3.80. The summed E-state index contributed by atoms with van der Waals surface area (Å²) in [5.74, 6) is -0.185. The first kappa shape index (κ1) is 17.3. The summed E-state index contributed by atoms with van der Waals surface area (Å²) >= 11 is 1.67. The van der Waals surface area contributed by atoms with Gasteiger partial charge in [-0.2, -0.15) is 0 Å². The first-order valence-electron chi connectivity index (χ1n) is 8.33. The predicted molar refractivity (Wildman–Crippen MR) is 103 cm³/mol. The molecule has 3 heteroatoms. The molecule has 25 heavy (non-hydrogen) atoms. The second kappa shape index (κ2) is 8.54. The van der Waals surface area contributed by atoms with Gasteiger partial charge in [-0.3, -0.25) is 4.79 Å². The van der Waals surface area contributed by atoms with Crippen LogP contribution in [0.5, 0.6) is 0 Å². The number of benzene rings is 3. The molecule has 0 aliphatic rings. The maximum Gasteiger partial charge on any atom is 0.310 e. The van der Waals surface area contributed by atoms with Crippen molar-refractivity contribution in [3.63, 3.8) is 0 Å². The standard InChI is InChI=1S/C22H20O2S/c1-2-24-22(23)16-19-10-6-7-11-21(19)25-20-14-12-18(13-15-20)17-8-4-3-5-9-17/h3-15H,2,16H2,1H3. The minimum Gasteiger partial charge on any atom is -0.466 e. The van der Waals surface area contributed by atoms with E-state index < -0.39 is 0 Å². The van der Waals surface area contributed by atoms with Crippen LogP contribution in [0.1, 0.15) is 12.5 Å². The Bertz CT molecular complexity index is 826. The smallest absolute Gasteiger partial charge is 0.310 e. The van der Waals surface area contributed by atoms with E-state index in [9.17, 15) is 4.79 Å². The lowest BCUT2D eigenvalue weighted by Crippen LogP contribution is -2.08. The van der Waals surface area contributed by atoms with Crippen LogP contribution in [0.2, 0.25) is 0 Å². The minimum atomic E-state index is -0.185. The Morgan fingerprint density at radius 1 is 0.840 bits per heavy atom. The molecule has 126 valence electrons. The van der Waals surface area contributed by atoms with Gasteiger partial charge in [0.1, 0.15) is 0 Å². The lowest BCUT2D eigenvalue weighted by atomic mass is 10.1. The largest absolute Gasteiger partial charge is 0.466 e. The molecule has 0 amide bonds. The van der Waals surface area contributed by atoms with Gasteiger partial charge in [0.05, 0.1) is 13.0 Å². The number of hydrogen-bond acceptors (Lipinski definition) is 3. The monoisotopic (exact) mass is 348 g/mol. The number of rotatable bonds is 6. The number of ether oxygens (including phenoxy) is 1. The summed E-state index contributed by atoms with van der Waals surface area (Å²) in [6.45, 7) is 2.24. The van der Waals surface area contributed by atoms with Gasteiger partial charge in [-0.1, -0.05) is 72.4 Å². The molecule has 0 atom stereocenters. The van der Waals surface area contributed by atoms with Crippen molar-refractivity contribution >= 4 is 17.7 Å². The highest BCUT2D eigenvalue weighted by atomic mass is 32.2. The molecule has 0 spiro atoms. The number of carbonyl (C=O) groups is 1. The van der Waals surface area contributed by atoms with Gasteiger partial charge in [-0.05, 0) is 41.8 Å². The molecule has 0 unspecified atom stereocenters. The van der Waals surface area contributed by atoms with Crippen molar-refractivity contribution in [1.82, 2.24) is 0 Å². The van der Waals surface area contributed by atoms with Crippen molar-refractivity contribution in [2.75, 3.05) is 6.61 Å². The summed E-state index contributed by atoms with van der Waals surface area (Å²) in [4.78, 5) is 14.0. The maximum absolute atomic E-state index is 11.8. The summed E-state index contributed by atoms with van der Waals surface area (Å²) < 4.78 is 5.07. The van der Waals surface area contributed by atoms with E-state index in [1.54, 1.807) is 11.8 Å². The van der Waals surface area contributed by atoms with E-state index in [-0.39, 0.29) is 5.97 Å². The summed E-state index contributed by atoms with van der Waals surface area (Å²) in [7, 11) is 0. The fraction of sp³-hybridized carbons (Fsp3) is 0.136. The summed E-state index contributed by atoms with van der Waals surface area (Å²) in [5, 5.41) is 0. The van der Waals surface area contributed by atoms with E-state index in [1.807, 2.05) is 49.4 Å². The SMILES string of the molecule is CCOC(=O)Cc1ccccc1Sc1ccc(-c2ccccc2)cc1. The highest BCUT2D eigenvalue weighted by molar-refractivity contribution is 7.99. The van der Waals surface area contributed by atoms with Crippen molar-refractivity contribution in [3.05, 3.63) is 84.4 Å². The normalized spacial score (nSPS) is 10.4. The van der Waals surface area contributed by atoms with Crippen LogP contribution in [0, 0.1) is 0 Å². The van der Waals surface area contributed by atoms with E-state index in [4.69, 9.17) is 4.74 Å². The summed E-state index contributed by atoms with van der Waals surface area (Å²) in [6.07, 6.45) is 0.305. The third-order valence-corrected chi connectivity index (χ3v) is 4.93. The molecule has 3 rings (SSSR count). The number of hydrogen-bond donors (Lipinski definition) is 0. The van der Waals surface area contributed by atoms with E-state index in [0.717, 1.165) is 15.4 Å². The van der Waals surface area contributed by atoms with Crippen LogP contribution >= 0.6 is 11.8 Å². The van der Waals surface area contributed by atoms with Crippen molar-refractivity contribution in [3.8, 4) is 11.1 Å². The van der Waals surface area contributed by atoms with Gasteiger partial charge in [0.15, 0.2) is 0 Å². The number of carbonyl (C=O) groups excluding carboxylic acids is 1. The van der Waals surface area contributed by atoms with E-state index in [1.165, 1.54) is 11.1 Å². The average Bonchev–Trinajstić information content (AvgIpc) is 2.65. The zero-order valence-electron chi connectivity index (χ0n) is 14.1.